The third kappa shape index (κ3) is 4.83. The summed E-state index contributed by atoms with van der Waals surface area (Å²) in [6, 6.07) is 7.15. The van der Waals surface area contributed by atoms with Gasteiger partial charge in [0.1, 0.15) is 6.04 Å². The quantitative estimate of drug-likeness (QED) is 0.869. The third-order valence-electron chi connectivity index (χ3n) is 4.96. The Balaban J connectivity index is 2.02. The molecule has 0 aromatic heterocycles. The molecular formula is C20H30N2O2. The zero-order chi connectivity index (χ0) is 17.7. The molecule has 0 bridgehead atoms. The summed E-state index contributed by atoms with van der Waals surface area (Å²) in [4.78, 5) is 25.2. The predicted octanol–water partition coefficient (Wildman–Crippen LogP) is 3.44. The van der Waals surface area contributed by atoms with Crippen LogP contribution in [0.3, 0.4) is 0 Å². The fourth-order valence-corrected chi connectivity index (χ4v) is 3.35. The summed E-state index contributed by atoms with van der Waals surface area (Å²) < 4.78 is 0. The normalized spacial score (nSPS) is 22.0. The van der Waals surface area contributed by atoms with Gasteiger partial charge >= 0.3 is 0 Å². The van der Waals surface area contributed by atoms with Crippen molar-refractivity contribution < 1.29 is 9.59 Å². The molecular weight excluding hydrogens is 300 g/mol. The van der Waals surface area contributed by atoms with E-state index >= 15 is 0 Å². The number of hydrogen-bond donors (Lipinski definition) is 2. The molecule has 1 saturated carbocycles. The van der Waals surface area contributed by atoms with Gasteiger partial charge in [-0.2, -0.15) is 0 Å². The van der Waals surface area contributed by atoms with Gasteiger partial charge in [-0.1, -0.05) is 51.3 Å². The maximum Gasteiger partial charge on any atom is 0.251 e. The average Bonchev–Trinajstić information content (AvgIpc) is 2.54. The Hall–Kier alpha value is -1.84. The van der Waals surface area contributed by atoms with Crippen molar-refractivity contribution in [2.45, 2.75) is 65.5 Å². The second kappa shape index (κ2) is 8.32. The number of benzene rings is 1. The van der Waals surface area contributed by atoms with Gasteiger partial charge in [-0.3, -0.25) is 9.59 Å². The number of nitrogens with one attached hydrogen (secondary N) is 2. The maximum atomic E-state index is 12.7. The minimum Gasteiger partial charge on any atom is -0.351 e. The zero-order valence-corrected chi connectivity index (χ0v) is 15.3. The van der Waals surface area contributed by atoms with Crippen molar-refractivity contribution in [1.29, 1.82) is 0 Å². The zero-order valence-electron chi connectivity index (χ0n) is 15.3. The Morgan fingerprint density at radius 3 is 2.50 bits per heavy atom. The highest BCUT2D eigenvalue weighted by molar-refractivity contribution is 5.97. The molecule has 0 radical (unpaired) electrons. The molecule has 1 aliphatic carbocycles. The fraction of sp³-hybridized carbons (Fsp3) is 0.600. The van der Waals surface area contributed by atoms with Crippen LogP contribution in [0.5, 0.6) is 0 Å². The first-order valence-corrected chi connectivity index (χ1v) is 9.06. The molecule has 2 rings (SSSR count). The van der Waals surface area contributed by atoms with Gasteiger partial charge in [-0.15, -0.1) is 0 Å². The van der Waals surface area contributed by atoms with Crippen LogP contribution in [0, 0.1) is 18.8 Å². The van der Waals surface area contributed by atoms with E-state index < -0.39 is 6.04 Å². The minimum absolute atomic E-state index is 0.0395. The van der Waals surface area contributed by atoms with Gasteiger partial charge in [0.2, 0.25) is 5.91 Å². The average molecular weight is 330 g/mol. The monoisotopic (exact) mass is 330 g/mol. The van der Waals surface area contributed by atoms with E-state index in [0.29, 0.717) is 11.5 Å². The number of amides is 2. The lowest BCUT2D eigenvalue weighted by Crippen LogP contribution is -2.53. The van der Waals surface area contributed by atoms with E-state index in [0.717, 1.165) is 24.8 Å². The molecule has 2 N–H and O–H groups in total. The molecule has 1 aromatic carbocycles. The van der Waals surface area contributed by atoms with Crippen molar-refractivity contribution in [1.82, 2.24) is 10.6 Å². The van der Waals surface area contributed by atoms with Crippen molar-refractivity contribution in [3.8, 4) is 0 Å². The largest absolute Gasteiger partial charge is 0.351 e. The van der Waals surface area contributed by atoms with E-state index in [1.807, 2.05) is 39.0 Å². The number of carbonyl (C=O) groups excluding carboxylic acids is 2. The van der Waals surface area contributed by atoms with Crippen molar-refractivity contribution >= 4 is 11.8 Å². The Morgan fingerprint density at radius 2 is 1.88 bits per heavy atom. The second-order valence-corrected chi connectivity index (χ2v) is 7.44. The van der Waals surface area contributed by atoms with Gasteiger partial charge in [0.05, 0.1) is 0 Å². The van der Waals surface area contributed by atoms with Crippen LogP contribution in [0.4, 0.5) is 0 Å². The number of aryl methyl sites for hydroxylation is 1. The van der Waals surface area contributed by atoms with Crippen LogP contribution >= 0.6 is 0 Å². The molecule has 2 amide bonds. The van der Waals surface area contributed by atoms with Gasteiger partial charge in [0.25, 0.3) is 5.91 Å². The Kier molecular flexibility index (Phi) is 6.41. The van der Waals surface area contributed by atoms with E-state index in [4.69, 9.17) is 0 Å². The van der Waals surface area contributed by atoms with Gasteiger partial charge in [0, 0.05) is 11.6 Å². The molecule has 1 aliphatic rings. The lowest BCUT2D eigenvalue weighted by Gasteiger charge is -2.32. The highest BCUT2D eigenvalue weighted by Crippen LogP contribution is 2.24. The molecule has 1 fully saturated rings. The van der Waals surface area contributed by atoms with Crippen molar-refractivity contribution in [2.24, 2.45) is 11.8 Å². The number of hydrogen-bond acceptors (Lipinski definition) is 2. The summed E-state index contributed by atoms with van der Waals surface area (Å²) in [6.45, 7) is 8.07. The Morgan fingerprint density at radius 1 is 1.17 bits per heavy atom. The highest BCUT2D eigenvalue weighted by Gasteiger charge is 2.29. The summed E-state index contributed by atoms with van der Waals surface area (Å²) in [5.74, 6) is 0.287. The maximum absolute atomic E-state index is 12.7. The highest BCUT2D eigenvalue weighted by atomic mass is 16.2. The van der Waals surface area contributed by atoms with E-state index in [1.54, 1.807) is 6.07 Å². The molecule has 3 atom stereocenters. The van der Waals surface area contributed by atoms with Gasteiger partial charge in [-0.05, 0) is 43.7 Å². The second-order valence-electron chi connectivity index (χ2n) is 7.44. The van der Waals surface area contributed by atoms with E-state index in [9.17, 15) is 9.59 Å². The molecule has 1 aromatic rings. The van der Waals surface area contributed by atoms with Crippen molar-refractivity contribution in [3.05, 3.63) is 35.4 Å². The Bertz CT molecular complexity index is 583. The van der Waals surface area contributed by atoms with Crippen LogP contribution in [0.1, 0.15) is 62.4 Å². The minimum atomic E-state index is -0.507. The topological polar surface area (TPSA) is 58.2 Å². The lowest BCUT2D eigenvalue weighted by atomic mass is 9.85. The summed E-state index contributed by atoms with van der Waals surface area (Å²) in [7, 11) is 0. The lowest BCUT2D eigenvalue weighted by molar-refractivity contribution is -0.125. The first kappa shape index (κ1) is 18.5. The molecule has 0 spiro atoms. The van der Waals surface area contributed by atoms with Crippen LogP contribution < -0.4 is 10.6 Å². The summed E-state index contributed by atoms with van der Waals surface area (Å²) >= 11 is 0. The summed E-state index contributed by atoms with van der Waals surface area (Å²) in [5.41, 5.74) is 1.63. The third-order valence-corrected chi connectivity index (χ3v) is 4.96. The summed E-state index contributed by atoms with van der Waals surface area (Å²) in [5, 5.41) is 6.08. The smallest absolute Gasteiger partial charge is 0.251 e. The molecule has 4 heteroatoms. The van der Waals surface area contributed by atoms with E-state index in [-0.39, 0.29) is 23.8 Å². The van der Waals surface area contributed by atoms with Crippen LogP contribution in [0.25, 0.3) is 0 Å². The van der Waals surface area contributed by atoms with Crippen LogP contribution in [-0.2, 0) is 4.79 Å². The van der Waals surface area contributed by atoms with Crippen LogP contribution in [0.15, 0.2) is 24.3 Å². The SMILES string of the molecule is Cc1cccc(C(=O)NC(C(=O)NC2CCCCC2C)C(C)C)c1. The first-order chi connectivity index (χ1) is 11.4. The number of carbonyl (C=O) groups is 2. The molecule has 0 heterocycles. The molecule has 4 nitrogen and oxygen atoms in total. The number of rotatable bonds is 5. The molecule has 132 valence electrons. The van der Waals surface area contributed by atoms with Crippen LogP contribution in [-0.4, -0.2) is 23.9 Å². The van der Waals surface area contributed by atoms with E-state index in [2.05, 4.69) is 17.6 Å². The van der Waals surface area contributed by atoms with Gasteiger partial charge < -0.3 is 10.6 Å². The van der Waals surface area contributed by atoms with Gasteiger partial charge in [-0.25, -0.2) is 0 Å². The first-order valence-electron chi connectivity index (χ1n) is 9.06. The molecule has 3 unspecified atom stereocenters. The van der Waals surface area contributed by atoms with E-state index in [1.165, 1.54) is 6.42 Å². The van der Waals surface area contributed by atoms with Gasteiger partial charge in [0.15, 0.2) is 0 Å². The predicted molar refractivity (Wildman–Crippen MR) is 96.8 cm³/mol. The fourth-order valence-electron chi connectivity index (χ4n) is 3.35. The standard InChI is InChI=1S/C20H30N2O2/c1-13(2)18(20(24)21-17-11-6-5-9-15(17)4)22-19(23)16-10-7-8-14(3)12-16/h7-8,10,12-13,15,17-18H,5-6,9,11H2,1-4H3,(H,21,24)(H,22,23). The van der Waals surface area contributed by atoms with Crippen LogP contribution in [0.2, 0.25) is 0 Å². The van der Waals surface area contributed by atoms with Crippen molar-refractivity contribution in [2.75, 3.05) is 0 Å². The molecule has 0 aliphatic heterocycles. The summed E-state index contributed by atoms with van der Waals surface area (Å²) in [6.07, 6.45) is 4.60. The Labute approximate surface area is 145 Å². The molecule has 24 heavy (non-hydrogen) atoms. The molecule has 0 saturated heterocycles. The van der Waals surface area contributed by atoms with Crippen molar-refractivity contribution in [3.63, 3.8) is 0 Å².